The van der Waals surface area contributed by atoms with E-state index in [1.165, 1.54) is 6.92 Å². The SMILES string of the molecule is CSCCC(N)C(=O)OC(C)C(N)C(=O)O.NC(=O)CCC(N)C(=O)O.NC(CC(=O)O)C(=O)O.NC(CS)C(=O)O.NCCCCC(N)C(=O)O. The van der Waals surface area contributed by atoms with E-state index in [2.05, 4.69) is 12.6 Å². The van der Waals surface area contributed by atoms with Crippen LogP contribution in [0.3, 0.4) is 0 Å². The topological polar surface area (TPSA) is 475 Å². The van der Waals surface area contributed by atoms with Crippen LogP contribution in [-0.4, -0.2) is 145 Å². The average Bonchev–Trinajstić information content (AvgIpc) is 3.05. The summed E-state index contributed by atoms with van der Waals surface area (Å²) in [4.78, 5) is 81.5. The van der Waals surface area contributed by atoms with Crippen molar-refractivity contribution in [2.24, 2.45) is 45.9 Å². The highest BCUT2D eigenvalue weighted by atomic mass is 32.2. The van der Waals surface area contributed by atoms with Gasteiger partial charge in [0, 0.05) is 12.2 Å². The Bertz CT molecular complexity index is 1080. The first-order valence-corrected chi connectivity index (χ1v) is 17.0. The van der Waals surface area contributed by atoms with Gasteiger partial charge < -0.3 is 81.2 Å². The normalized spacial score (nSPS) is 13.9. The number of hydrogen-bond donors (Lipinski definition) is 15. The van der Waals surface area contributed by atoms with Gasteiger partial charge in [-0.25, -0.2) is 0 Å². The lowest BCUT2D eigenvalue weighted by molar-refractivity contribution is -0.155. The number of rotatable bonds is 21. The monoisotopic (exact) mass is 796 g/mol. The lowest BCUT2D eigenvalue weighted by atomic mass is 10.1. The molecule has 23 nitrogen and oxygen atoms in total. The van der Waals surface area contributed by atoms with Crippen molar-refractivity contribution in [1.82, 2.24) is 0 Å². The fraction of sp³-hybridized carbons (Fsp3) is 0.704. The average molecular weight is 797 g/mol. The minimum Gasteiger partial charge on any atom is -0.481 e. The molecule has 0 aromatic carbocycles. The zero-order valence-electron chi connectivity index (χ0n) is 28.9. The molecule has 0 saturated heterocycles. The molecule has 0 fully saturated rings. The number of thioether (sulfide) groups is 1. The Morgan fingerprint density at radius 2 is 1.10 bits per heavy atom. The number of aliphatic carboxylic acids is 6. The van der Waals surface area contributed by atoms with E-state index in [-0.39, 0.29) is 18.6 Å². The third-order valence-electron chi connectivity index (χ3n) is 5.56. The Morgan fingerprint density at radius 3 is 1.38 bits per heavy atom. The first-order chi connectivity index (χ1) is 23.8. The van der Waals surface area contributed by atoms with Crippen molar-refractivity contribution in [2.75, 3.05) is 24.3 Å². The summed E-state index contributed by atoms with van der Waals surface area (Å²) in [5.74, 6) is -6.96. The first-order valence-electron chi connectivity index (χ1n) is 15.0. The van der Waals surface area contributed by atoms with Gasteiger partial charge in [-0.15, -0.1) is 0 Å². The van der Waals surface area contributed by atoms with Crippen molar-refractivity contribution in [3.05, 3.63) is 0 Å². The second kappa shape index (κ2) is 35.6. The highest BCUT2D eigenvalue weighted by molar-refractivity contribution is 7.98. The molecule has 0 radical (unpaired) electrons. The minimum absolute atomic E-state index is 0.0213. The fourth-order valence-electron chi connectivity index (χ4n) is 2.31. The summed E-state index contributed by atoms with van der Waals surface area (Å²) in [5, 5.41) is 49.2. The molecule has 0 saturated carbocycles. The van der Waals surface area contributed by atoms with Gasteiger partial charge >= 0.3 is 41.8 Å². The van der Waals surface area contributed by atoms with E-state index in [0.29, 0.717) is 19.4 Å². The van der Waals surface area contributed by atoms with Gasteiger partial charge in [-0.2, -0.15) is 24.4 Å². The van der Waals surface area contributed by atoms with Crippen molar-refractivity contribution in [1.29, 1.82) is 0 Å². The van der Waals surface area contributed by atoms with Crippen LogP contribution in [0, 0.1) is 0 Å². The third-order valence-corrected chi connectivity index (χ3v) is 6.60. The summed E-state index contributed by atoms with van der Waals surface area (Å²) < 4.78 is 4.85. The van der Waals surface area contributed by atoms with Crippen LogP contribution < -0.4 is 45.9 Å². The molecule has 0 aliphatic heterocycles. The number of carbonyl (C=O) groups excluding carboxylic acids is 2. The van der Waals surface area contributed by atoms with E-state index >= 15 is 0 Å². The smallest absolute Gasteiger partial charge is 0.324 e. The quantitative estimate of drug-likeness (QED) is 0.0297. The van der Waals surface area contributed by atoms with E-state index in [0.717, 1.165) is 18.6 Å². The van der Waals surface area contributed by atoms with Crippen molar-refractivity contribution in [3.8, 4) is 0 Å². The molecule has 22 N–H and O–H groups in total. The van der Waals surface area contributed by atoms with Crippen molar-refractivity contribution in [2.45, 2.75) is 94.2 Å². The zero-order valence-corrected chi connectivity index (χ0v) is 30.7. The number of carboxylic acids is 6. The maximum Gasteiger partial charge on any atom is 0.324 e. The molecule has 52 heavy (non-hydrogen) atoms. The predicted molar refractivity (Wildman–Crippen MR) is 192 cm³/mol. The molecule has 0 aliphatic carbocycles. The minimum atomic E-state index is -1.29. The summed E-state index contributed by atoms with van der Waals surface area (Å²) in [6, 6.07) is -5.75. The van der Waals surface area contributed by atoms with Gasteiger partial charge in [0.1, 0.15) is 42.4 Å². The summed E-state index contributed by atoms with van der Waals surface area (Å²) in [5.41, 5.74) is 40.8. The highest BCUT2D eigenvalue weighted by Crippen LogP contribution is 2.04. The van der Waals surface area contributed by atoms with Crippen LogP contribution >= 0.6 is 24.4 Å². The van der Waals surface area contributed by atoms with Gasteiger partial charge in [0.05, 0.1) is 6.42 Å². The summed E-state index contributed by atoms with van der Waals surface area (Å²) >= 11 is 5.22. The van der Waals surface area contributed by atoms with Crippen molar-refractivity contribution < 1.29 is 73.7 Å². The number of esters is 1. The maximum atomic E-state index is 11.4. The maximum absolute atomic E-state index is 11.4. The Kier molecular flexibility index (Phi) is 39.4. The standard InChI is InChI=1S/C9H18N2O4S.C6H14N2O2.C5H10N2O3.C4H7NO4.C3H7NO2S/c1-5(7(11)8(12)13)15-9(14)6(10)3-4-16-2;7-4-2-1-3-5(8)6(9)10;6-3(5(9)10)1-2-4(7)8;5-2(4(8)9)1-3(6)7;4-2(1-7)3(5)6/h5-7H,3-4,10-11H2,1-2H3,(H,12,13);5H,1-4,7-8H2,(H,9,10);3H,1-2,6H2,(H2,7,8)(H,9,10);2H,1,5H2,(H,6,7)(H,8,9);2,7H,1,4H2,(H,5,6). The molecular formula is C27H56N8O15S2. The molecule has 0 rings (SSSR count). The molecule has 0 bridgehead atoms. The van der Waals surface area contributed by atoms with Crippen LogP contribution in [0.1, 0.15) is 51.9 Å². The molecule has 0 aromatic heterocycles. The Balaban J connectivity index is -0.000000182. The van der Waals surface area contributed by atoms with E-state index in [4.69, 9.17) is 81.2 Å². The second-order valence-corrected chi connectivity index (χ2v) is 11.6. The van der Waals surface area contributed by atoms with E-state index in [1.807, 2.05) is 6.26 Å². The van der Waals surface area contributed by atoms with Crippen LogP contribution in [0.2, 0.25) is 0 Å². The van der Waals surface area contributed by atoms with Crippen molar-refractivity contribution >= 4 is 72.1 Å². The number of nitrogens with two attached hydrogens (primary N) is 8. The molecular weight excluding hydrogens is 740 g/mol. The second-order valence-electron chi connectivity index (χ2n) is 10.2. The first kappa shape index (κ1) is 57.5. The zero-order chi connectivity index (χ0) is 42.1. The number of hydrogen-bond acceptors (Lipinski definition) is 18. The Morgan fingerprint density at radius 1 is 0.654 bits per heavy atom. The van der Waals surface area contributed by atoms with E-state index in [1.54, 1.807) is 11.8 Å². The van der Waals surface area contributed by atoms with Crippen LogP contribution in [0.25, 0.3) is 0 Å². The van der Waals surface area contributed by atoms with Gasteiger partial charge in [0.15, 0.2) is 0 Å². The molecule has 0 aliphatic rings. The Hall–Kier alpha value is -3.82. The van der Waals surface area contributed by atoms with Gasteiger partial charge in [0.2, 0.25) is 5.91 Å². The van der Waals surface area contributed by atoms with Crippen LogP contribution in [0.15, 0.2) is 0 Å². The molecule has 306 valence electrons. The number of primary amides is 1. The summed E-state index contributed by atoms with van der Waals surface area (Å²) in [7, 11) is 0. The summed E-state index contributed by atoms with van der Waals surface area (Å²) in [6.07, 6.45) is 3.27. The number of amides is 1. The number of carboxylic acid groups (broad SMARTS) is 6. The van der Waals surface area contributed by atoms with Gasteiger partial charge in [-0.05, 0) is 51.2 Å². The number of unbranched alkanes of at least 4 members (excludes halogenated alkanes) is 1. The third kappa shape index (κ3) is 40.6. The molecule has 0 spiro atoms. The molecule has 7 unspecified atom stereocenters. The number of ether oxygens (including phenoxy) is 1. The lowest BCUT2D eigenvalue weighted by Gasteiger charge is -2.19. The van der Waals surface area contributed by atoms with Gasteiger partial charge in [-0.3, -0.25) is 38.4 Å². The fourth-order valence-corrected chi connectivity index (χ4v) is 2.96. The largest absolute Gasteiger partial charge is 0.481 e. The number of carbonyl (C=O) groups is 8. The van der Waals surface area contributed by atoms with E-state index in [9.17, 15) is 38.4 Å². The highest BCUT2D eigenvalue weighted by Gasteiger charge is 2.25. The van der Waals surface area contributed by atoms with E-state index < -0.39 is 96.5 Å². The molecule has 0 aromatic rings. The molecule has 7 atom stereocenters. The molecule has 1 amide bonds. The molecule has 0 heterocycles. The van der Waals surface area contributed by atoms with Crippen LogP contribution in [0.4, 0.5) is 0 Å². The number of thiol groups is 1. The lowest BCUT2D eigenvalue weighted by Crippen LogP contribution is -2.45. The van der Waals surface area contributed by atoms with Gasteiger partial charge in [0.25, 0.3) is 0 Å². The van der Waals surface area contributed by atoms with Crippen LogP contribution in [0.5, 0.6) is 0 Å². The summed E-state index contributed by atoms with van der Waals surface area (Å²) in [6.45, 7) is 2.03. The van der Waals surface area contributed by atoms with Crippen molar-refractivity contribution in [3.63, 3.8) is 0 Å². The predicted octanol–water partition coefficient (Wildman–Crippen LogP) is -4.20. The Labute approximate surface area is 309 Å². The van der Waals surface area contributed by atoms with Crippen LogP contribution in [-0.2, 0) is 43.1 Å². The van der Waals surface area contributed by atoms with Gasteiger partial charge in [-0.1, -0.05) is 6.42 Å². The molecule has 25 heteroatoms.